The maximum Gasteiger partial charge on any atom is 0.451 e. The number of aromatic nitrogens is 6. The topological polar surface area (TPSA) is 92.3 Å². The Labute approximate surface area is 194 Å². The van der Waals surface area contributed by atoms with Gasteiger partial charge in [0.25, 0.3) is 0 Å². The second-order valence-electron chi connectivity index (χ2n) is 7.76. The molecule has 0 aliphatic carbocycles. The minimum Gasteiger partial charge on any atom is -0.366 e. The van der Waals surface area contributed by atoms with Crippen molar-refractivity contribution in [1.29, 1.82) is 0 Å². The molecule has 0 saturated heterocycles. The van der Waals surface area contributed by atoms with E-state index in [-0.39, 0.29) is 12.4 Å². The second kappa shape index (κ2) is 9.98. The average Bonchev–Trinajstić information content (AvgIpc) is 3.38. The Balaban J connectivity index is 1.70. The number of rotatable bonds is 8. The molecule has 0 fully saturated rings. The zero-order chi connectivity index (χ0) is 24.1. The first-order valence-corrected chi connectivity index (χ1v) is 11.0. The maximum atomic E-state index is 13.4. The molecule has 34 heavy (non-hydrogen) atoms. The number of alkyl halides is 3. The molecule has 0 unspecified atom stereocenters. The summed E-state index contributed by atoms with van der Waals surface area (Å²) in [6, 6.07) is 15.6. The van der Waals surface area contributed by atoms with E-state index in [2.05, 4.69) is 35.9 Å². The highest BCUT2D eigenvalue weighted by atomic mass is 19.4. The van der Waals surface area contributed by atoms with Gasteiger partial charge in [0.15, 0.2) is 0 Å². The quantitative estimate of drug-likeness (QED) is 0.357. The smallest absolute Gasteiger partial charge is 0.366 e. The first-order valence-electron chi connectivity index (χ1n) is 11.0. The normalized spacial score (nSPS) is 11.6. The van der Waals surface area contributed by atoms with Gasteiger partial charge in [-0.2, -0.15) is 18.4 Å². The Bertz CT molecular complexity index is 1240. The molecular weight excluding hydrogens is 443 g/mol. The Morgan fingerprint density at radius 1 is 0.971 bits per heavy atom. The summed E-state index contributed by atoms with van der Waals surface area (Å²) in [6.45, 7) is 4.04. The van der Waals surface area contributed by atoms with Crippen LogP contribution in [0.1, 0.15) is 42.9 Å². The van der Waals surface area contributed by atoms with E-state index < -0.39 is 12.0 Å². The van der Waals surface area contributed by atoms with E-state index in [1.54, 1.807) is 6.92 Å². The summed E-state index contributed by atoms with van der Waals surface area (Å²) >= 11 is 0. The number of aryl methyl sites for hydroxylation is 1. The molecule has 2 heterocycles. The van der Waals surface area contributed by atoms with E-state index in [0.717, 1.165) is 34.2 Å². The highest BCUT2D eigenvalue weighted by Gasteiger charge is 2.36. The molecule has 2 N–H and O–H groups in total. The average molecular weight is 467 g/mol. The monoisotopic (exact) mass is 467 g/mol. The van der Waals surface area contributed by atoms with Gasteiger partial charge in [0.05, 0.1) is 0 Å². The number of H-pyrrole nitrogens is 1. The number of tetrazole rings is 1. The van der Waals surface area contributed by atoms with Crippen molar-refractivity contribution in [2.24, 2.45) is 0 Å². The molecule has 0 bridgehead atoms. The Morgan fingerprint density at radius 2 is 1.76 bits per heavy atom. The fraction of sp³-hybridized carbons (Fsp3) is 0.292. The van der Waals surface area contributed by atoms with Crippen molar-refractivity contribution in [3.63, 3.8) is 0 Å². The van der Waals surface area contributed by atoms with Crippen LogP contribution in [0.5, 0.6) is 0 Å². The molecule has 0 saturated carbocycles. The maximum absolute atomic E-state index is 13.4. The van der Waals surface area contributed by atoms with E-state index in [0.29, 0.717) is 24.4 Å². The van der Waals surface area contributed by atoms with Crippen LogP contribution in [0, 0.1) is 0 Å². The van der Waals surface area contributed by atoms with Gasteiger partial charge < -0.3 is 5.32 Å². The molecule has 2 aromatic carbocycles. The summed E-state index contributed by atoms with van der Waals surface area (Å²) in [6.07, 6.45) is -2.87. The Kier molecular flexibility index (Phi) is 6.85. The van der Waals surface area contributed by atoms with Gasteiger partial charge in [-0.3, -0.25) is 0 Å². The van der Waals surface area contributed by atoms with Crippen LogP contribution in [0.25, 0.3) is 22.5 Å². The number of benzene rings is 2. The van der Waals surface area contributed by atoms with Gasteiger partial charge in [0, 0.05) is 23.4 Å². The fourth-order valence-electron chi connectivity index (χ4n) is 3.83. The second-order valence-corrected chi connectivity index (χ2v) is 7.76. The van der Waals surface area contributed by atoms with Gasteiger partial charge in [-0.15, -0.1) is 10.2 Å². The van der Waals surface area contributed by atoms with Crippen molar-refractivity contribution in [2.75, 3.05) is 5.32 Å². The minimum absolute atomic E-state index is 0.217. The van der Waals surface area contributed by atoms with Crippen molar-refractivity contribution in [3.8, 4) is 22.5 Å². The summed E-state index contributed by atoms with van der Waals surface area (Å²) < 4.78 is 40.2. The van der Waals surface area contributed by atoms with E-state index in [4.69, 9.17) is 0 Å². The lowest BCUT2D eigenvalue weighted by Crippen LogP contribution is -2.17. The third-order valence-corrected chi connectivity index (χ3v) is 5.40. The zero-order valence-corrected chi connectivity index (χ0v) is 18.8. The van der Waals surface area contributed by atoms with Gasteiger partial charge in [0.1, 0.15) is 5.82 Å². The molecule has 0 atom stereocenters. The summed E-state index contributed by atoms with van der Waals surface area (Å²) in [5, 5.41) is 17.5. The largest absolute Gasteiger partial charge is 0.451 e. The Hall–Kier alpha value is -3.82. The number of anilines is 1. The number of nitrogens with zero attached hydrogens (tertiary/aromatic N) is 5. The molecule has 4 rings (SSSR count). The summed E-state index contributed by atoms with van der Waals surface area (Å²) in [7, 11) is 0. The Morgan fingerprint density at radius 3 is 2.41 bits per heavy atom. The third-order valence-electron chi connectivity index (χ3n) is 5.40. The van der Waals surface area contributed by atoms with Crippen molar-refractivity contribution in [1.82, 2.24) is 30.6 Å². The molecule has 0 radical (unpaired) electrons. The van der Waals surface area contributed by atoms with Crippen LogP contribution in [-0.2, 0) is 25.6 Å². The van der Waals surface area contributed by atoms with Crippen LogP contribution in [-0.4, -0.2) is 30.6 Å². The van der Waals surface area contributed by atoms with Crippen LogP contribution in [0.15, 0.2) is 48.5 Å². The zero-order valence-electron chi connectivity index (χ0n) is 18.8. The van der Waals surface area contributed by atoms with E-state index in [9.17, 15) is 13.2 Å². The summed E-state index contributed by atoms with van der Waals surface area (Å²) in [4.78, 5) is 7.62. The molecule has 4 aromatic rings. The van der Waals surface area contributed by atoms with Crippen LogP contribution >= 0.6 is 0 Å². The lowest BCUT2D eigenvalue weighted by molar-refractivity contribution is -0.145. The van der Waals surface area contributed by atoms with Crippen LogP contribution in [0.2, 0.25) is 0 Å². The highest BCUT2D eigenvalue weighted by molar-refractivity contribution is 5.80. The van der Waals surface area contributed by atoms with Crippen LogP contribution in [0.4, 0.5) is 19.0 Å². The van der Waals surface area contributed by atoms with E-state index >= 15 is 0 Å². The van der Waals surface area contributed by atoms with E-state index in [1.807, 2.05) is 55.5 Å². The molecular formula is C24H24F3N7. The fourth-order valence-corrected chi connectivity index (χ4v) is 3.83. The van der Waals surface area contributed by atoms with E-state index in [1.165, 1.54) is 0 Å². The minimum atomic E-state index is -4.62. The predicted molar refractivity (Wildman–Crippen MR) is 123 cm³/mol. The first kappa shape index (κ1) is 23.3. The number of aromatic amines is 1. The molecule has 10 heteroatoms. The van der Waals surface area contributed by atoms with Crippen molar-refractivity contribution in [3.05, 3.63) is 71.2 Å². The third kappa shape index (κ3) is 5.05. The number of hydrogen-bond donors (Lipinski definition) is 2. The van der Waals surface area contributed by atoms with Crippen molar-refractivity contribution >= 4 is 5.82 Å². The molecule has 0 aliphatic heterocycles. The SMILES string of the molecule is CCCc1c(CC)nc(C(F)(F)F)nc1NCc1ccc(-c2ccccc2)c(-c2nn[nH]n2)c1. The van der Waals surface area contributed by atoms with Crippen LogP contribution in [0.3, 0.4) is 0 Å². The number of hydrogen-bond acceptors (Lipinski definition) is 6. The van der Waals surface area contributed by atoms with Crippen molar-refractivity contribution < 1.29 is 13.2 Å². The number of halogens is 3. The van der Waals surface area contributed by atoms with Gasteiger partial charge in [-0.1, -0.05) is 62.7 Å². The lowest BCUT2D eigenvalue weighted by Gasteiger charge is -2.17. The standard InChI is InChI=1S/C24H24F3N7/c1-3-8-18-20(4-2)29-23(24(25,26)27)30-21(18)28-14-15-11-12-17(16-9-6-5-7-10-16)19(13-15)22-31-33-34-32-22/h5-7,9-13H,3-4,8,14H2,1-2H3,(H,28,29,30)(H,31,32,33,34). The molecule has 0 spiro atoms. The summed E-state index contributed by atoms with van der Waals surface area (Å²) in [5.74, 6) is -0.477. The number of nitrogens with one attached hydrogen (secondary N) is 2. The van der Waals surface area contributed by atoms with Crippen molar-refractivity contribution in [2.45, 2.75) is 45.8 Å². The lowest BCUT2D eigenvalue weighted by atomic mass is 9.97. The van der Waals surface area contributed by atoms with Gasteiger partial charge >= 0.3 is 6.18 Å². The van der Waals surface area contributed by atoms with Crippen LogP contribution < -0.4 is 5.32 Å². The molecule has 7 nitrogen and oxygen atoms in total. The first-order chi connectivity index (χ1) is 16.4. The van der Waals surface area contributed by atoms with Gasteiger partial charge in [-0.25, -0.2) is 9.97 Å². The van der Waals surface area contributed by atoms with Gasteiger partial charge in [0.2, 0.25) is 11.6 Å². The van der Waals surface area contributed by atoms with Gasteiger partial charge in [-0.05, 0) is 40.8 Å². The predicted octanol–water partition coefficient (Wildman–Crippen LogP) is 5.47. The highest BCUT2D eigenvalue weighted by Crippen LogP contribution is 2.32. The summed E-state index contributed by atoms with van der Waals surface area (Å²) in [5.41, 5.74) is 4.65. The molecule has 0 aliphatic rings. The molecule has 0 amide bonds. The molecule has 176 valence electrons. The molecule has 2 aromatic heterocycles.